The fourth-order valence-corrected chi connectivity index (χ4v) is 7.97. The number of halogens is 4. The fourth-order valence-electron chi connectivity index (χ4n) is 7.69. The number of amides is 1. The molecule has 3 fully saturated rings. The normalized spacial score (nSPS) is 19.1. The molecule has 4 aromatic rings. The van der Waals surface area contributed by atoms with E-state index in [9.17, 15) is 19.6 Å². The van der Waals surface area contributed by atoms with Gasteiger partial charge in [0.15, 0.2) is 11.6 Å². The topological polar surface area (TPSA) is 106 Å². The molecule has 3 aliphatic heterocycles. The molecule has 7 rings (SSSR count). The Morgan fingerprint density at radius 2 is 1.92 bits per heavy atom. The number of aromatic hydroxyl groups is 1. The van der Waals surface area contributed by atoms with Gasteiger partial charge in [-0.05, 0) is 68.4 Å². The molecule has 0 radical (unpaired) electrons. The molecule has 1 N–H and O–H groups in total. The number of hydrogen-bond donors (Lipinski definition) is 1. The van der Waals surface area contributed by atoms with Gasteiger partial charge in [0.1, 0.15) is 29.5 Å². The van der Waals surface area contributed by atoms with Crippen molar-refractivity contribution in [2.75, 3.05) is 44.2 Å². The maximum absolute atomic E-state index is 16.9. The Bertz CT molecular complexity index is 2010. The first kappa shape index (κ1) is 32.0. The molecule has 3 aromatic carbocycles. The van der Waals surface area contributed by atoms with Gasteiger partial charge < -0.3 is 19.6 Å². The molecule has 0 saturated carbocycles. The summed E-state index contributed by atoms with van der Waals surface area (Å²) < 4.78 is 53.2. The van der Waals surface area contributed by atoms with Crippen LogP contribution in [-0.2, 0) is 4.79 Å². The number of carbonyl (C=O) groups is 1. The lowest BCUT2D eigenvalue weighted by Crippen LogP contribution is -2.55. The third-order valence-corrected chi connectivity index (χ3v) is 10.2. The number of carbonyl (C=O) groups excluding carboxylic acids is 1. The second-order valence-corrected chi connectivity index (χ2v) is 13.1. The van der Waals surface area contributed by atoms with Gasteiger partial charge in [0, 0.05) is 41.0 Å². The van der Waals surface area contributed by atoms with Gasteiger partial charge in [-0.2, -0.15) is 15.2 Å². The number of nitriles is 1. The number of anilines is 1. The Kier molecular flexibility index (Phi) is 8.29. The number of rotatable bonds is 7. The summed E-state index contributed by atoms with van der Waals surface area (Å²) in [5, 5.41) is 21.2. The van der Waals surface area contributed by atoms with E-state index in [1.54, 1.807) is 23.1 Å². The summed E-state index contributed by atoms with van der Waals surface area (Å²) in [4.78, 5) is 27.0. The summed E-state index contributed by atoms with van der Waals surface area (Å²) in [6, 6.07) is 10.0. The van der Waals surface area contributed by atoms with Crippen LogP contribution in [0, 0.1) is 23.0 Å². The van der Waals surface area contributed by atoms with Crippen LogP contribution in [0.15, 0.2) is 48.8 Å². The summed E-state index contributed by atoms with van der Waals surface area (Å²) in [5.74, 6) is -4.04. The van der Waals surface area contributed by atoms with E-state index in [1.165, 1.54) is 17.0 Å². The molecule has 0 spiro atoms. The highest BCUT2D eigenvalue weighted by Crippen LogP contribution is 2.43. The van der Waals surface area contributed by atoms with Crippen molar-refractivity contribution in [2.45, 2.75) is 43.7 Å². The lowest BCUT2D eigenvalue weighted by molar-refractivity contribution is -0.131. The number of ether oxygens (including phenoxy) is 1. The highest BCUT2D eigenvalue weighted by molar-refractivity contribution is 6.36. The fraction of sp³-hybridized carbons (Fsp3) is 0.371. The summed E-state index contributed by atoms with van der Waals surface area (Å²) >= 11 is 6.52. The molecule has 48 heavy (non-hydrogen) atoms. The van der Waals surface area contributed by atoms with Crippen molar-refractivity contribution in [2.24, 2.45) is 0 Å². The van der Waals surface area contributed by atoms with E-state index in [-0.39, 0.29) is 70.7 Å². The standard InChI is InChI=1S/C35H32ClF3N6O3/c1-20(37)33(47)45-14-13-43(18-22(45)7-10-40)32-25-17-27(38)29(24-16-23(46)15-21-5-2-6-26(36)28(21)24)30(39)31(25)41-34(42-32)48-19-35-8-3-11-44(35)12-4-9-35/h2,5-6,15-17,22,46H,1,3-4,7-9,11-14,18-19H2/t22-/m0/s1. The predicted octanol–water partition coefficient (Wildman–Crippen LogP) is 6.51. The molecule has 1 aromatic heterocycles. The number of phenolic OH excluding ortho intramolecular Hbond substituents is 1. The minimum absolute atomic E-state index is 0.0186. The molecular weight excluding hydrogens is 645 g/mol. The van der Waals surface area contributed by atoms with E-state index in [2.05, 4.69) is 21.4 Å². The number of benzene rings is 3. The molecule has 1 atom stereocenters. The van der Waals surface area contributed by atoms with Gasteiger partial charge in [-0.25, -0.2) is 13.2 Å². The molecule has 0 bridgehead atoms. The van der Waals surface area contributed by atoms with Crippen LogP contribution in [0.25, 0.3) is 32.8 Å². The molecule has 248 valence electrons. The Balaban J connectivity index is 1.37. The van der Waals surface area contributed by atoms with Crippen molar-refractivity contribution in [3.63, 3.8) is 0 Å². The summed E-state index contributed by atoms with van der Waals surface area (Å²) in [6.07, 6.45) is 3.87. The number of piperazine rings is 1. The molecule has 13 heteroatoms. The number of nitrogens with zero attached hydrogens (tertiary/aromatic N) is 6. The van der Waals surface area contributed by atoms with Gasteiger partial charge >= 0.3 is 6.01 Å². The summed E-state index contributed by atoms with van der Waals surface area (Å²) in [5.41, 5.74) is -0.757. The van der Waals surface area contributed by atoms with Crippen LogP contribution in [0.3, 0.4) is 0 Å². The van der Waals surface area contributed by atoms with Crippen molar-refractivity contribution in [3.05, 3.63) is 65.5 Å². The van der Waals surface area contributed by atoms with Gasteiger partial charge in [0.05, 0.1) is 29.6 Å². The first-order valence-corrected chi connectivity index (χ1v) is 16.2. The third-order valence-electron chi connectivity index (χ3n) is 9.91. The van der Waals surface area contributed by atoms with E-state index in [0.717, 1.165) is 44.8 Å². The maximum atomic E-state index is 16.9. The van der Waals surface area contributed by atoms with Crippen molar-refractivity contribution >= 4 is 45.0 Å². The van der Waals surface area contributed by atoms with Gasteiger partial charge in [-0.15, -0.1) is 0 Å². The summed E-state index contributed by atoms with van der Waals surface area (Å²) in [6.45, 7) is 5.52. The number of phenols is 1. The maximum Gasteiger partial charge on any atom is 0.319 e. The van der Waals surface area contributed by atoms with E-state index in [1.807, 2.05) is 6.07 Å². The van der Waals surface area contributed by atoms with Gasteiger partial charge in [0.25, 0.3) is 5.91 Å². The number of fused-ring (bicyclic) bond motifs is 3. The Labute approximate surface area is 279 Å². The quantitative estimate of drug-likeness (QED) is 0.221. The Morgan fingerprint density at radius 1 is 1.15 bits per heavy atom. The molecule has 9 nitrogen and oxygen atoms in total. The predicted molar refractivity (Wildman–Crippen MR) is 176 cm³/mol. The monoisotopic (exact) mass is 676 g/mol. The van der Waals surface area contributed by atoms with Crippen LogP contribution >= 0.6 is 11.6 Å². The van der Waals surface area contributed by atoms with Gasteiger partial charge in [-0.1, -0.05) is 30.3 Å². The van der Waals surface area contributed by atoms with Crippen LogP contribution < -0.4 is 9.64 Å². The second kappa shape index (κ2) is 12.5. The minimum atomic E-state index is -1.14. The first-order valence-electron chi connectivity index (χ1n) is 15.9. The Morgan fingerprint density at radius 3 is 2.65 bits per heavy atom. The van der Waals surface area contributed by atoms with E-state index in [4.69, 9.17) is 16.3 Å². The minimum Gasteiger partial charge on any atom is -0.508 e. The van der Waals surface area contributed by atoms with Crippen molar-refractivity contribution in [1.29, 1.82) is 5.26 Å². The first-order chi connectivity index (χ1) is 23.1. The van der Waals surface area contributed by atoms with Gasteiger partial charge in [0.2, 0.25) is 0 Å². The molecule has 3 saturated heterocycles. The number of hydrogen-bond acceptors (Lipinski definition) is 8. The van der Waals surface area contributed by atoms with Crippen molar-refractivity contribution < 1.29 is 27.8 Å². The number of aromatic nitrogens is 2. The van der Waals surface area contributed by atoms with E-state index >= 15 is 8.78 Å². The summed E-state index contributed by atoms with van der Waals surface area (Å²) in [7, 11) is 0. The van der Waals surface area contributed by atoms with Crippen molar-refractivity contribution in [3.8, 4) is 29.0 Å². The largest absolute Gasteiger partial charge is 0.508 e. The molecule has 0 unspecified atom stereocenters. The van der Waals surface area contributed by atoms with Gasteiger partial charge in [-0.3, -0.25) is 9.69 Å². The smallest absolute Gasteiger partial charge is 0.319 e. The molecule has 3 aliphatic rings. The van der Waals surface area contributed by atoms with Crippen LogP contribution in [0.1, 0.15) is 32.1 Å². The van der Waals surface area contributed by atoms with E-state index in [0.29, 0.717) is 17.4 Å². The zero-order valence-electron chi connectivity index (χ0n) is 26.0. The molecular formula is C35H32ClF3N6O3. The second-order valence-electron chi connectivity index (χ2n) is 12.7. The highest BCUT2D eigenvalue weighted by Gasteiger charge is 2.45. The highest BCUT2D eigenvalue weighted by atomic mass is 35.5. The van der Waals surface area contributed by atoms with E-state index < -0.39 is 35.0 Å². The SMILES string of the molecule is C=C(F)C(=O)N1CCN(c2nc(OCC34CCCN3CCC4)nc3c(F)c(-c4cc(O)cc5cccc(Cl)c45)c(F)cc23)C[C@@H]1CC#N. The van der Waals surface area contributed by atoms with Crippen molar-refractivity contribution in [1.82, 2.24) is 19.8 Å². The lowest BCUT2D eigenvalue weighted by Gasteiger charge is -2.41. The van der Waals surface area contributed by atoms with Crippen LogP contribution in [-0.4, -0.2) is 81.7 Å². The van der Waals surface area contributed by atoms with Crippen LogP contribution in [0.4, 0.5) is 19.0 Å². The van der Waals surface area contributed by atoms with Crippen LogP contribution in [0.5, 0.6) is 11.8 Å². The average molecular weight is 677 g/mol. The average Bonchev–Trinajstić information content (AvgIpc) is 3.64. The molecule has 1 amide bonds. The lowest BCUT2D eigenvalue weighted by atomic mass is 9.95. The zero-order valence-corrected chi connectivity index (χ0v) is 26.7. The molecule has 4 heterocycles. The van der Waals surface area contributed by atoms with Crippen LogP contribution in [0.2, 0.25) is 5.02 Å². The third kappa shape index (κ3) is 5.44. The Hall–Kier alpha value is -4.60. The zero-order chi connectivity index (χ0) is 33.7. The molecule has 0 aliphatic carbocycles.